The van der Waals surface area contributed by atoms with Gasteiger partial charge < -0.3 is 15.4 Å². The highest BCUT2D eigenvalue weighted by Crippen LogP contribution is 2.31. The number of piperidine rings is 1. The average molecular weight is 297 g/mol. The maximum absolute atomic E-state index is 12.5. The standard InChI is InChI=1S/C17H19N3O2/c1-22-16-4-2-3-10-8-19-15(7-13(10)16)17(21)20-14-6-12-5-11(14)9-18-12/h2-4,7-8,11-12,14,18H,5-6,9H2,1H3,(H,20,21). The number of hydrogen-bond donors (Lipinski definition) is 2. The first-order valence-corrected chi connectivity index (χ1v) is 7.71. The number of amides is 1. The van der Waals surface area contributed by atoms with E-state index in [0.29, 0.717) is 17.7 Å². The molecular formula is C17H19N3O2. The first kappa shape index (κ1) is 13.5. The Morgan fingerprint density at radius 2 is 2.32 bits per heavy atom. The molecule has 22 heavy (non-hydrogen) atoms. The number of rotatable bonds is 3. The molecule has 2 heterocycles. The summed E-state index contributed by atoms with van der Waals surface area (Å²) in [5.74, 6) is 1.23. The quantitative estimate of drug-likeness (QED) is 0.905. The molecule has 0 radical (unpaired) electrons. The lowest BCUT2D eigenvalue weighted by Crippen LogP contribution is -2.44. The van der Waals surface area contributed by atoms with Crippen LogP contribution in [0, 0.1) is 5.92 Å². The second-order valence-corrected chi connectivity index (χ2v) is 6.17. The Kier molecular flexibility index (Phi) is 3.22. The third kappa shape index (κ3) is 2.22. The van der Waals surface area contributed by atoms with Gasteiger partial charge in [-0.3, -0.25) is 9.78 Å². The van der Waals surface area contributed by atoms with Gasteiger partial charge in [-0.1, -0.05) is 12.1 Å². The summed E-state index contributed by atoms with van der Waals surface area (Å²) in [6.07, 6.45) is 3.92. The van der Waals surface area contributed by atoms with Crippen LogP contribution in [0.3, 0.4) is 0 Å². The normalized spacial score (nSPS) is 26.3. The highest BCUT2D eigenvalue weighted by molar-refractivity contribution is 5.98. The molecule has 1 amide bonds. The van der Waals surface area contributed by atoms with Crippen molar-refractivity contribution in [3.63, 3.8) is 0 Å². The second-order valence-electron chi connectivity index (χ2n) is 6.17. The Labute approximate surface area is 129 Å². The Morgan fingerprint density at radius 3 is 3.05 bits per heavy atom. The predicted molar refractivity (Wildman–Crippen MR) is 84.1 cm³/mol. The highest BCUT2D eigenvalue weighted by Gasteiger charge is 2.40. The van der Waals surface area contributed by atoms with Gasteiger partial charge in [0.15, 0.2) is 0 Å². The molecule has 1 aliphatic carbocycles. The van der Waals surface area contributed by atoms with Crippen molar-refractivity contribution in [1.82, 2.24) is 15.6 Å². The summed E-state index contributed by atoms with van der Waals surface area (Å²) in [5, 5.41) is 8.49. The smallest absolute Gasteiger partial charge is 0.270 e. The van der Waals surface area contributed by atoms with Crippen molar-refractivity contribution in [1.29, 1.82) is 0 Å². The number of pyridine rings is 1. The molecule has 1 saturated carbocycles. The van der Waals surface area contributed by atoms with E-state index >= 15 is 0 Å². The Hall–Kier alpha value is -2.14. The minimum Gasteiger partial charge on any atom is -0.496 e. The summed E-state index contributed by atoms with van der Waals surface area (Å²) < 4.78 is 5.37. The maximum Gasteiger partial charge on any atom is 0.270 e. The van der Waals surface area contributed by atoms with Crippen LogP contribution in [0.25, 0.3) is 10.8 Å². The lowest BCUT2D eigenvalue weighted by Gasteiger charge is -2.23. The molecule has 3 atom stereocenters. The fourth-order valence-corrected chi connectivity index (χ4v) is 3.70. The molecule has 3 unspecified atom stereocenters. The first-order chi connectivity index (χ1) is 10.7. The molecule has 1 aromatic carbocycles. The predicted octanol–water partition coefficient (Wildman–Crippen LogP) is 1.72. The maximum atomic E-state index is 12.5. The molecule has 0 spiro atoms. The Morgan fingerprint density at radius 1 is 1.41 bits per heavy atom. The SMILES string of the molecule is COc1cccc2cnc(C(=O)NC3CC4CC3CN4)cc12. The summed E-state index contributed by atoms with van der Waals surface area (Å²) >= 11 is 0. The minimum atomic E-state index is -0.0923. The number of carbonyl (C=O) groups excluding carboxylic acids is 1. The van der Waals surface area contributed by atoms with E-state index in [2.05, 4.69) is 15.6 Å². The van der Waals surface area contributed by atoms with E-state index in [-0.39, 0.29) is 11.9 Å². The van der Waals surface area contributed by atoms with Crippen molar-refractivity contribution in [3.05, 3.63) is 36.2 Å². The molecule has 114 valence electrons. The van der Waals surface area contributed by atoms with Crippen LogP contribution < -0.4 is 15.4 Å². The topological polar surface area (TPSA) is 63.2 Å². The summed E-state index contributed by atoms with van der Waals surface area (Å²) in [4.78, 5) is 16.8. The lowest BCUT2D eigenvalue weighted by atomic mass is 10.0. The molecule has 2 N–H and O–H groups in total. The van der Waals surface area contributed by atoms with Crippen LogP contribution in [0.15, 0.2) is 30.5 Å². The molecule has 2 aliphatic rings. The lowest BCUT2D eigenvalue weighted by molar-refractivity contribution is 0.0920. The summed E-state index contributed by atoms with van der Waals surface area (Å²) in [6.45, 7) is 1.01. The van der Waals surface area contributed by atoms with Gasteiger partial charge in [0, 0.05) is 35.6 Å². The van der Waals surface area contributed by atoms with E-state index in [1.54, 1.807) is 13.3 Å². The van der Waals surface area contributed by atoms with Gasteiger partial charge in [-0.25, -0.2) is 0 Å². The van der Waals surface area contributed by atoms with Crippen LogP contribution in [0.5, 0.6) is 5.75 Å². The number of fused-ring (bicyclic) bond motifs is 3. The second kappa shape index (κ2) is 5.25. The van der Waals surface area contributed by atoms with Crippen molar-refractivity contribution in [3.8, 4) is 5.75 Å². The molecule has 1 aliphatic heterocycles. The van der Waals surface area contributed by atoms with E-state index in [9.17, 15) is 4.79 Å². The van der Waals surface area contributed by atoms with Gasteiger partial charge in [-0.15, -0.1) is 0 Å². The summed E-state index contributed by atoms with van der Waals surface area (Å²) in [7, 11) is 1.64. The number of aromatic nitrogens is 1. The van der Waals surface area contributed by atoms with Crippen LogP contribution in [-0.2, 0) is 0 Å². The largest absolute Gasteiger partial charge is 0.496 e. The van der Waals surface area contributed by atoms with Gasteiger partial charge in [0.1, 0.15) is 11.4 Å². The molecule has 1 aromatic heterocycles. The number of benzene rings is 1. The van der Waals surface area contributed by atoms with Crippen molar-refractivity contribution in [2.24, 2.45) is 5.92 Å². The van der Waals surface area contributed by atoms with Crippen LogP contribution in [-0.4, -0.2) is 36.6 Å². The third-order valence-electron chi connectivity index (χ3n) is 4.86. The van der Waals surface area contributed by atoms with Gasteiger partial charge in [0.05, 0.1) is 7.11 Å². The van der Waals surface area contributed by atoms with E-state index in [1.165, 1.54) is 6.42 Å². The van der Waals surface area contributed by atoms with Crippen molar-refractivity contribution >= 4 is 16.7 Å². The van der Waals surface area contributed by atoms with E-state index in [1.807, 2.05) is 24.3 Å². The van der Waals surface area contributed by atoms with E-state index < -0.39 is 0 Å². The summed E-state index contributed by atoms with van der Waals surface area (Å²) in [6, 6.07) is 8.44. The van der Waals surface area contributed by atoms with Crippen LogP contribution in [0.2, 0.25) is 0 Å². The highest BCUT2D eigenvalue weighted by atomic mass is 16.5. The average Bonchev–Trinajstić information content (AvgIpc) is 3.16. The zero-order valence-corrected chi connectivity index (χ0v) is 12.5. The minimum absolute atomic E-state index is 0.0923. The number of hydrogen-bond acceptors (Lipinski definition) is 4. The molecule has 2 bridgehead atoms. The first-order valence-electron chi connectivity index (χ1n) is 7.71. The summed E-state index contributed by atoms with van der Waals surface area (Å²) in [5.41, 5.74) is 0.452. The number of nitrogens with zero attached hydrogens (tertiary/aromatic N) is 1. The number of ether oxygens (including phenoxy) is 1. The zero-order valence-electron chi connectivity index (χ0n) is 12.5. The van der Waals surface area contributed by atoms with Crippen molar-refractivity contribution < 1.29 is 9.53 Å². The van der Waals surface area contributed by atoms with Gasteiger partial charge >= 0.3 is 0 Å². The van der Waals surface area contributed by atoms with Gasteiger partial charge in [0.25, 0.3) is 5.91 Å². The fraction of sp³-hybridized carbons (Fsp3) is 0.412. The van der Waals surface area contributed by atoms with Crippen molar-refractivity contribution in [2.75, 3.05) is 13.7 Å². The van der Waals surface area contributed by atoms with Gasteiger partial charge in [-0.2, -0.15) is 0 Å². The third-order valence-corrected chi connectivity index (χ3v) is 4.86. The molecule has 5 nitrogen and oxygen atoms in total. The monoisotopic (exact) mass is 297 g/mol. The molecular weight excluding hydrogens is 278 g/mol. The van der Waals surface area contributed by atoms with Crippen molar-refractivity contribution in [2.45, 2.75) is 24.9 Å². The van der Waals surface area contributed by atoms with E-state index in [0.717, 1.165) is 29.5 Å². The molecule has 2 aromatic rings. The van der Waals surface area contributed by atoms with Gasteiger partial charge in [0.2, 0.25) is 0 Å². The Bertz CT molecular complexity index is 731. The van der Waals surface area contributed by atoms with E-state index in [4.69, 9.17) is 4.74 Å². The zero-order chi connectivity index (χ0) is 15.1. The Balaban J connectivity index is 1.59. The molecule has 4 rings (SSSR count). The molecule has 2 fully saturated rings. The van der Waals surface area contributed by atoms with Gasteiger partial charge in [-0.05, 0) is 30.9 Å². The number of methoxy groups -OCH3 is 1. The molecule has 5 heteroatoms. The van der Waals surface area contributed by atoms with Crippen LogP contribution in [0.1, 0.15) is 23.3 Å². The van der Waals surface area contributed by atoms with Crippen LogP contribution >= 0.6 is 0 Å². The fourth-order valence-electron chi connectivity index (χ4n) is 3.70. The number of nitrogens with one attached hydrogen (secondary N) is 2. The number of carbonyl (C=O) groups is 1. The van der Waals surface area contributed by atoms with Crippen LogP contribution in [0.4, 0.5) is 0 Å². The molecule has 1 saturated heterocycles.